The van der Waals surface area contributed by atoms with Gasteiger partial charge < -0.3 is 25.0 Å². The van der Waals surface area contributed by atoms with Gasteiger partial charge in [0, 0.05) is 25.7 Å². The van der Waals surface area contributed by atoms with Crippen LogP contribution in [-0.2, 0) is 11.3 Å². The Morgan fingerprint density at radius 2 is 2.00 bits per heavy atom. The van der Waals surface area contributed by atoms with Crippen LogP contribution in [0, 0.1) is 0 Å². The number of fused-ring (bicyclic) bond motifs is 1. The largest absolute Gasteiger partial charge is 0.491 e. The number of benzene rings is 2. The van der Waals surface area contributed by atoms with E-state index in [9.17, 15) is 9.90 Å². The normalized spacial score (nSPS) is 12.1. The number of anilines is 1. The lowest BCUT2D eigenvalue weighted by atomic mass is 10.3. The molecule has 1 atom stereocenters. The predicted octanol–water partition coefficient (Wildman–Crippen LogP) is 2.41. The van der Waals surface area contributed by atoms with Gasteiger partial charge in [-0.1, -0.05) is 12.1 Å². The highest BCUT2D eigenvalue weighted by Gasteiger charge is 2.06. The molecule has 2 aromatic carbocycles. The smallest absolute Gasteiger partial charge is 0.221 e. The Labute approximate surface area is 164 Å². The van der Waals surface area contributed by atoms with Crippen molar-refractivity contribution in [1.82, 2.24) is 14.9 Å². The summed E-state index contributed by atoms with van der Waals surface area (Å²) in [5.41, 5.74) is 2.86. The molecule has 0 aliphatic rings. The zero-order valence-electron chi connectivity index (χ0n) is 16.0. The Morgan fingerprint density at radius 1 is 1.21 bits per heavy atom. The van der Waals surface area contributed by atoms with Gasteiger partial charge in [0.2, 0.25) is 5.91 Å². The van der Waals surface area contributed by atoms with Crippen LogP contribution in [0.3, 0.4) is 0 Å². The van der Waals surface area contributed by atoms with Crippen molar-refractivity contribution in [3.8, 4) is 5.75 Å². The quantitative estimate of drug-likeness (QED) is 0.469. The van der Waals surface area contributed by atoms with Crippen LogP contribution in [0.1, 0.15) is 13.3 Å². The van der Waals surface area contributed by atoms with Gasteiger partial charge in [0.05, 0.1) is 17.4 Å². The second-order valence-corrected chi connectivity index (χ2v) is 6.65. The number of hydrogen-bond donors (Lipinski definition) is 3. The molecular weight excluding hydrogens is 356 g/mol. The summed E-state index contributed by atoms with van der Waals surface area (Å²) in [4.78, 5) is 15.4. The van der Waals surface area contributed by atoms with Crippen molar-refractivity contribution in [2.75, 3.05) is 25.0 Å². The maximum Gasteiger partial charge on any atom is 0.221 e. The highest BCUT2D eigenvalue weighted by Crippen LogP contribution is 2.16. The Hall–Kier alpha value is -2.90. The van der Waals surface area contributed by atoms with Gasteiger partial charge in [-0.05, 0) is 49.4 Å². The molecule has 1 unspecified atom stereocenters. The third-order valence-electron chi connectivity index (χ3n) is 4.28. The molecule has 1 heterocycles. The molecular formula is C21H26N4O3. The fraction of sp³-hybridized carbons (Fsp3) is 0.333. The molecule has 3 N–H and O–H groups in total. The summed E-state index contributed by atoms with van der Waals surface area (Å²) >= 11 is 0. The van der Waals surface area contributed by atoms with Crippen LogP contribution in [0.15, 0.2) is 54.9 Å². The Balaban J connectivity index is 1.31. The number of aryl methyl sites for hydroxylation is 1. The number of ether oxygens (including phenoxy) is 1. The number of aliphatic hydroxyl groups excluding tert-OH is 1. The van der Waals surface area contributed by atoms with Crippen molar-refractivity contribution in [2.45, 2.75) is 26.0 Å². The van der Waals surface area contributed by atoms with E-state index in [1.54, 1.807) is 24.3 Å². The van der Waals surface area contributed by atoms with Gasteiger partial charge in [0.15, 0.2) is 0 Å². The van der Waals surface area contributed by atoms with E-state index in [4.69, 9.17) is 4.74 Å². The van der Waals surface area contributed by atoms with E-state index >= 15 is 0 Å². The van der Waals surface area contributed by atoms with Crippen molar-refractivity contribution in [3.05, 3.63) is 54.9 Å². The van der Waals surface area contributed by atoms with Crippen LogP contribution in [0.2, 0.25) is 0 Å². The highest BCUT2D eigenvalue weighted by atomic mass is 16.5. The molecule has 0 spiro atoms. The molecule has 0 saturated carbocycles. The third kappa shape index (κ3) is 5.80. The van der Waals surface area contributed by atoms with Crippen molar-refractivity contribution in [1.29, 1.82) is 0 Å². The minimum absolute atomic E-state index is 0.114. The van der Waals surface area contributed by atoms with Crippen LogP contribution in [-0.4, -0.2) is 46.4 Å². The SMILES string of the molecule is CC(=O)Nc1ccc(OCC(O)CNCCCn2cnc3ccccc32)cc1. The van der Waals surface area contributed by atoms with Gasteiger partial charge >= 0.3 is 0 Å². The molecule has 0 fully saturated rings. The molecule has 0 radical (unpaired) electrons. The van der Waals surface area contributed by atoms with E-state index < -0.39 is 6.10 Å². The second-order valence-electron chi connectivity index (χ2n) is 6.65. The molecule has 28 heavy (non-hydrogen) atoms. The van der Waals surface area contributed by atoms with Crippen molar-refractivity contribution in [2.24, 2.45) is 0 Å². The standard InChI is InChI=1S/C21H26N4O3/c1-16(26)24-17-7-9-19(10-8-17)28-14-18(27)13-22-11-4-12-25-15-23-20-5-2-3-6-21(20)25/h2-3,5-10,15,18,22,27H,4,11-14H2,1H3,(H,24,26). The maximum absolute atomic E-state index is 11.0. The van der Waals surface area contributed by atoms with E-state index in [2.05, 4.69) is 26.3 Å². The van der Waals surface area contributed by atoms with Gasteiger partial charge in [-0.3, -0.25) is 4.79 Å². The third-order valence-corrected chi connectivity index (χ3v) is 4.28. The number of carbonyl (C=O) groups is 1. The number of nitrogens with zero attached hydrogens (tertiary/aromatic N) is 2. The Kier molecular flexibility index (Phi) is 7.00. The molecule has 0 aliphatic carbocycles. The maximum atomic E-state index is 11.0. The summed E-state index contributed by atoms with van der Waals surface area (Å²) < 4.78 is 7.72. The first kappa shape index (κ1) is 19.9. The van der Waals surface area contributed by atoms with Gasteiger partial charge in [-0.15, -0.1) is 0 Å². The first-order valence-electron chi connectivity index (χ1n) is 9.41. The summed E-state index contributed by atoms with van der Waals surface area (Å²) in [5, 5.41) is 16.0. The number of rotatable bonds is 10. The minimum Gasteiger partial charge on any atom is -0.491 e. The van der Waals surface area contributed by atoms with Gasteiger partial charge in [0.1, 0.15) is 18.5 Å². The molecule has 3 aromatic rings. The number of aliphatic hydroxyl groups is 1. The number of nitrogens with one attached hydrogen (secondary N) is 2. The average molecular weight is 382 g/mol. The molecule has 0 saturated heterocycles. The number of para-hydroxylation sites is 2. The summed E-state index contributed by atoms with van der Waals surface area (Å²) in [6, 6.07) is 15.1. The number of amides is 1. The Morgan fingerprint density at radius 3 is 2.79 bits per heavy atom. The van der Waals surface area contributed by atoms with E-state index in [-0.39, 0.29) is 12.5 Å². The monoisotopic (exact) mass is 382 g/mol. The molecule has 3 rings (SSSR count). The fourth-order valence-corrected chi connectivity index (χ4v) is 2.92. The van der Waals surface area contributed by atoms with E-state index in [1.165, 1.54) is 6.92 Å². The van der Waals surface area contributed by atoms with Crippen LogP contribution < -0.4 is 15.4 Å². The minimum atomic E-state index is -0.593. The summed E-state index contributed by atoms with van der Waals surface area (Å²) in [6.07, 6.45) is 2.22. The first-order valence-corrected chi connectivity index (χ1v) is 9.41. The first-order chi connectivity index (χ1) is 13.6. The number of carbonyl (C=O) groups excluding carboxylic acids is 1. The van der Waals surface area contributed by atoms with Crippen LogP contribution in [0.5, 0.6) is 5.75 Å². The van der Waals surface area contributed by atoms with Crippen LogP contribution >= 0.6 is 0 Å². The highest BCUT2D eigenvalue weighted by molar-refractivity contribution is 5.88. The predicted molar refractivity (Wildman–Crippen MR) is 109 cm³/mol. The van der Waals surface area contributed by atoms with E-state index in [0.717, 1.165) is 30.5 Å². The Bertz CT molecular complexity index is 892. The molecule has 1 aromatic heterocycles. The van der Waals surface area contributed by atoms with Gasteiger partial charge in [0.25, 0.3) is 0 Å². The summed E-state index contributed by atoms with van der Waals surface area (Å²) in [6.45, 7) is 3.81. The molecule has 7 heteroatoms. The summed E-state index contributed by atoms with van der Waals surface area (Å²) in [5.74, 6) is 0.538. The van der Waals surface area contributed by atoms with Crippen LogP contribution in [0.25, 0.3) is 11.0 Å². The molecule has 0 bridgehead atoms. The zero-order chi connectivity index (χ0) is 19.8. The van der Waals surface area contributed by atoms with Crippen LogP contribution in [0.4, 0.5) is 5.69 Å². The van der Waals surface area contributed by atoms with E-state index in [0.29, 0.717) is 18.0 Å². The number of hydrogen-bond acceptors (Lipinski definition) is 5. The lowest BCUT2D eigenvalue weighted by Crippen LogP contribution is -2.32. The fourth-order valence-electron chi connectivity index (χ4n) is 2.92. The molecule has 7 nitrogen and oxygen atoms in total. The van der Waals surface area contributed by atoms with Gasteiger partial charge in [-0.2, -0.15) is 0 Å². The lowest BCUT2D eigenvalue weighted by Gasteiger charge is -2.14. The number of aromatic nitrogens is 2. The lowest BCUT2D eigenvalue weighted by molar-refractivity contribution is -0.114. The molecule has 148 valence electrons. The molecule has 1 amide bonds. The van der Waals surface area contributed by atoms with E-state index in [1.807, 2.05) is 24.5 Å². The molecule has 0 aliphatic heterocycles. The topological polar surface area (TPSA) is 88.4 Å². The second kappa shape index (κ2) is 9.87. The van der Waals surface area contributed by atoms with Gasteiger partial charge in [-0.25, -0.2) is 4.98 Å². The zero-order valence-corrected chi connectivity index (χ0v) is 16.0. The average Bonchev–Trinajstić information content (AvgIpc) is 3.10. The number of imidazole rings is 1. The van der Waals surface area contributed by atoms with Crippen molar-refractivity contribution in [3.63, 3.8) is 0 Å². The van der Waals surface area contributed by atoms with Crippen molar-refractivity contribution >= 4 is 22.6 Å². The summed E-state index contributed by atoms with van der Waals surface area (Å²) in [7, 11) is 0. The van der Waals surface area contributed by atoms with Crippen molar-refractivity contribution < 1.29 is 14.6 Å².